The number of carbonyl (C=O) groups is 2. The summed E-state index contributed by atoms with van der Waals surface area (Å²) in [5.41, 5.74) is 4.11. The first-order chi connectivity index (χ1) is 12.6. The number of fused-ring (bicyclic) bond motifs is 1. The van der Waals surface area contributed by atoms with E-state index in [4.69, 9.17) is 0 Å². The smallest absolute Gasteiger partial charge is 0.224 e. The Morgan fingerprint density at radius 3 is 2.62 bits per heavy atom. The summed E-state index contributed by atoms with van der Waals surface area (Å²) in [4.78, 5) is 26.2. The Balaban J connectivity index is 1.47. The molecule has 0 bridgehead atoms. The molecular weight excluding hydrogens is 324 g/mol. The number of nitrogens with one attached hydrogen (secondary N) is 1. The molecule has 4 nitrogen and oxygen atoms in total. The van der Waals surface area contributed by atoms with Crippen molar-refractivity contribution >= 4 is 23.2 Å². The van der Waals surface area contributed by atoms with Gasteiger partial charge in [-0.1, -0.05) is 36.4 Å². The summed E-state index contributed by atoms with van der Waals surface area (Å²) in [5, 5.41) is 3.04. The van der Waals surface area contributed by atoms with Gasteiger partial charge in [-0.25, -0.2) is 0 Å². The van der Waals surface area contributed by atoms with Crippen LogP contribution < -0.4 is 10.2 Å². The van der Waals surface area contributed by atoms with E-state index < -0.39 is 0 Å². The topological polar surface area (TPSA) is 49.4 Å². The molecule has 0 spiro atoms. The summed E-state index contributed by atoms with van der Waals surface area (Å²) in [5.74, 6) is 0.999. The molecule has 2 aromatic rings. The Hall–Kier alpha value is -2.62. The van der Waals surface area contributed by atoms with Crippen molar-refractivity contribution in [1.29, 1.82) is 0 Å². The summed E-state index contributed by atoms with van der Waals surface area (Å²) in [6, 6.07) is 16.2. The van der Waals surface area contributed by atoms with E-state index in [0.29, 0.717) is 18.3 Å². The second kappa shape index (κ2) is 6.94. The molecule has 26 heavy (non-hydrogen) atoms. The molecule has 1 N–H and O–H groups in total. The average molecular weight is 348 g/mol. The average Bonchev–Trinajstić information content (AvgIpc) is 3.39. The lowest BCUT2D eigenvalue weighted by molar-refractivity contribution is -0.117. The second-order valence-corrected chi connectivity index (χ2v) is 7.37. The zero-order valence-corrected chi connectivity index (χ0v) is 15.1. The summed E-state index contributed by atoms with van der Waals surface area (Å²) >= 11 is 0. The van der Waals surface area contributed by atoms with E-state index in [1.807, 2.05) is 36.4 Å². The minimum Gasteiger partial charge on any atom is -0.326 e. The number of benzene rings is 2. The highest BCUT2D eigenvalue weighted by atomic mass is 16.2. The van der Waals surface area contributed by atoms with Crippen molar-refractivity contribution < 1.29 is 9.59 Å². The Bertz CT molecular complexity index is 827. The molecule has 0 radical (unpaired) electrons. The molecule has 1 fully saturated rings. The van der Waals surface area contributed by atoms with Crippen LogP contribution in [0.4, 0.5) is 11.4 Å². The van der Waals surface area contributed by atoms with Crippen LogP contribution >= 0.6 is 0 Å². The molecule has 2 aromatic carbocycles. The Labute approximate surface area is 154 Å². The van der Waals surface area contributed by atoms with E-state index in [-0.39, 0.29) is 11.8 Å². The van der Waals surface area contributed by atoms with E-state index >= 15 is 0 Å². The van der Waals surface area contributed by atoms with Gasteiger partial charge in [0.25, 0.3) is 0 Å². The van der Waals surface area contributed by atoms with Gasteiger partial charge in [0.1, 0.15) is 0 Å². The molecule has 1 saturated carbocycles. The third kappa shape index (κ3) is 3.50. The zero-order valence-electron chi connectivity index (χ0n) is 15.1. The summed E-state index contributed by atoms with van der Waals surface area (Å²) in [6.07, 6.45) is 3.79. The normalized spacial score (nSPS) is 16.9. The number of anilines is 2. The zero-order chi connectivity index (χ0) is 18.1. The van der Waals surface area contributed by atoms with Gasteiger partial charge in [-0.3, -0.25) is 9.59 Å². The minimum atomic E-state index is 0.0399. The molecule has 2 amide bonds. The fraction of sp³-hybridized carbons (Fsp3) is 0.364. The lowest BCUT2D eigenvalue weighted by Crippen LogP contribution is -2.25. The van der Waals surface area contributed by atoms with E-state index in [0.717, 1.165) is 24.3 Å². The first-order valence-electron chi connectivity index (χ1n) is 9.37. The molecule has 2 aliphatic rings. The van der Waals surface area contributed by atoms with Crippen LogP contribution in [0.2, 0.25) is 0 Å². The van der Waals surface area contributed by atoms with Crippen molar-refractivity contribution in [3.8, 4) is 0 Å². The molecule has 1 atom stereocenters. The lowest BCUT2D eigenvalue weighted by atomic mass is 9.91. The Morgan fingerprint density at radius 1 is 1.15 bits per heavy atom. The van der Waals surface area contributed by atoms with Crippen LogP contribution in [0.25, 0.3) is 0 Å². The predicted molar refractivity (Wildman–Crippen MR) is 103 cm³/mol. The highest BCUT2D eigenvalue weighted by Gasteiger charge is 2.33. The summed E-state index contributed by atoms with van der Waals surface area (Å²) in [6.45, 7) is 2.31. The van der Waals surface area contributed by atoms with Gasteiger partial charge in [0.2, 0.25) is 11.8 Å². The molecule has 4 rings (SSSR count). The quantitative estimate of drug-likeness (QED) is 0.884. The monoisotopic (exact) mass is 348 g/mol. The van der Waals surface area contributed by atoms with Gasteiger partial charge in [0.15, 0.2) is 0 Å². The van der Waals surface area contributed by atoms with Crippen molar-refractivity contribution in [3.63, 3.8) is 0 Å². The van der Waals surface area contributed by atoms with E-state index in [1.165, 1.54) is 24.0 Å². The van der Waals surface area contributed by atoms with Gasteiger partial charge < -0.3 is 10.2 Å². The highest BCUT2D eigenvalue weighted by molar-refractivity contribution is 5.96. The molecule has 0 aromatic heterocycles. The molecule has 1 aliphatic carbocycles. The van der Waals surface area contributed by atoms with Crippen molar-refractivity contribution in [1.82, 2.24) is 0 Å². The van der Waals surface area contributed by atoms with Crippen LogP contribution in [0.3, 0.4) is 0 Å². The standard InChI is InChI=1S/C22H24N2O2/c1-15(25)24-12-11-18-9-10-19(13-21(18)24)23-22(26)14-20(17-7-8-17)16-5-3-2-4-6-16/h2-6,9-10,13,17,20H,7-8,11-12,14H2,1H3,(H,23,26). The SMILES string of the molecule is CC(=O)N1CCc2ccc(NC(=O)CC(c3ccccc3)C3CC3)cc21. The molecule has 1 aliphatic heterocycles. The first-order valence-corrected chi connectivity index (χ1v) is 9.37. The Kier molecular flexibility index (Phi) is 4.49. The maximum atomic E-state index is 12.7. The van der Waals surface area contributed by atoms with Crippen LogP contribution in [0.15, 0.2) is 48.5 Å². The molecule has 4 heteroatoms. The fourth-order valence-electron chi connectivity index (χ4n) is 3.95. The maximum absolute atomic E-state index is 12.7. The largest absolute Gasteiger partial charge is 0.326 e. The number of carbonyl (C=O) groups excluding carboxylic acids is 2. The van der Waals surface area contributed by atoms with E-state index in [1.54, 1.807) is 11.8 Å². The van der Waals surface area contributed by atoms with Gasteiger partial charge in [0.05, 0.1) is 0 Å². The van der Waals surface area contributed by atoms with Gasteiger partial charge in [-0.05, 0) is 54.4 Å². The number of nitrogens with zero attached hydrogens (tertiary/aromatic N) is 1. The second-order valence-electron chi connectivity index (χ2n) is 7.37. The van der Waals surface area contributed by atoms with Gasteiger partial charge in [-0.2, -0.15) is 0 Å². The third-order valence-electron chi connectivity index (χ3n) is 5.47. The van der Waals surface area contributed by atoms with Crippen molar-refractivity contribution in [2.24, 2.45) is 5.92 Å². The van der Waals surface area contributed by atoms with Crippen LogP contribution in [-0.4, -0.2) is 18.4 Å². The number of rotatable bonds is 5. The van der Waals surface area contributed by atoms with Crippen molar-refractivity contribution in [2.45, 2.75) is 38.5 Å². The maximum Gasteiger partial charge on any atom is 0.224 e. The fourth-order valence-corrected chi connectivity index (χ4v) is 3.95. The number of amides is 2. The van der Waals surface area contributed by atoms with Crippen LogP contribution in [0, 0.1) is 5.92 Å². The molecular formula is C22H24N2O2. The summed E-state index contributed by atoms with van der Waals surface area (Å²) in [7, 11) is 0. The number of hydrogen-bond acceptors (Lipinski definition) is 2. The lowest BCUT2D eigenvalue weighted by Gasteiger charge is -2.18. The Morgan fingerprint density at radius 2 is 1.92 bits per heavy atom. The van der Waals surface area contributed by atoms with Crippen molar-refractivity contribution in [2.75, 3.05) is 16.8 Å². The number of hydrogen-bond donors (Lipinski definition) is 1. The molecule has 134 valence electrons. The third-order valence-corrected chi connectivity index (χ3v) is 5.47. The van der Waals surface area contributed by atoms with Gasteiger partial charge in [0, 0.05) is 31.3 Å². The predicted octanol–water partition coefficient (Wildman–Crippen LogP) is 4.12. The van der Waals surface area contributed by atoms with Crippen LogP contribution in [0.5, 0.6) is 0 Å². The van der Waals surface area contributed by atoms with E-state index in [2.05, 4.69) is 17.4 Å². The molecule has 1 heterocycles. The van der Waals surface area contributed by atoms with Crippen LogP contribution in [-0.2, 0) is 16.0 Å². The summed E-state index contributed by atoms with van der Waals surface area (Å²) < 4.78 is 0. The van der Waals surface area contributed by atoms with Crippen LogP contribution in [0.1, 0.15) is 43.2 Å². The van der Waals surface area contributed by atoms with E-state index in [9.17, 15) is 9.59 Å². The molecule has 1 unspecified atom stereocenters. The highest BCUT2D eigenvalue weighted by Crippen LogP contribution is 2.44. The van der Waals surface area contributed by atoms with Gasteiger partial charge >= 0.3 is 0 Å². The minimum absolute atomic E-state index is 0.0399. The van der Waals surface area contributed by atoms with Gasteiger partial charge in [-0.15, -0.1) is 0 Å². The van der Waals surface area contributed by atoms with Crippen molar-refractivity contribution in [3.05, 3.63) is 59.7 Å². The molecule has 0 saturated heterocycles. The first kappa shape index (κ1) is 16.8.